The maximum atomic E-state index is 12.3. The highest BCUT2D eigenvalue weighted by atomic mass is 16.3. The van der Waals surface area contributed by atoms with Crippen LogP contribution in [0.4, 0.5) is 0 Å². The van der Waals surface area contributed by atoms with Gasteiger partial charge in [0.2, 0.25) is 0 Å². The van der Waals surface area contributed by atoms with Crippen LogP contribution in [-0.4, -0.2) is 5.78 Å². The number of hydrogen-bond acceptors (Lipinski definition) is 2. The first-order valence-corrected chi connectivity index (χ1v) is 6.63. The molecule has 0 aliphatic heterocycles. The number of furan rings is 1. The summed E-state index contributed by atoms with van der Waals surface area (Å²) < 4.78 is 5.28. The van der Waals surface area contributed by atoms with Crippen LogP contribution in [0.25, 0.3) is 6.08 Å². The Hall–Kier alpha value is -1.31. The van der Waals surface area contributed by atoms with E-state index in [4.69, 9.17) is 4.42 Å². The molecule has 0 aromatic carbocycles. The zero-order valence-electron chi connectivity index (χ0n) is 10.0. The molecular formula is C15H18O2. The normalized spacial score (nSPS) is 28.4. The minimum atomic E-state index is 0.304. The van der Waals surface area contributed by atoms with Crippen LogP contribution in [0.5, 0.6) is 0 Å². The Labute approximate surface area is 102 Å². The van der Waals surface area contributed by atoms with Crippen molar-refractivity contribution in [2.45, 2.75) is 38.5 Å². The van der Waals surface area contributed by atoms with Gasteiger partial charge in [0, 0.05) is 5.92 Å². The lowest BCUT2D eigenvalue weighted by Gasteiger charge is -2.15. The van der Waals surface area contributed by atoms with Crippen LogP contribution in [0.15, 0.2) is 28.4 Å². The van der Waals surface area contributed by atoms with Gasteiger partial charge in [0.25, 0.3) is 0 Å². The van der Waals surface area contributed by atoms with E-state index in [1.165, 1.54) is 25.7 Å². The minimum Gasteiger partial charge on any atom is -0.465 e. The molecule has 1 heterocycles. The topological polar surface area (TPSA) is 30.2 Å². The summed E-state index contributed by atoms with van der Waals surface area (Å²) in [5, 5.41) is 0. The zero-order chi connectivity index (χ0) is 11.7. The SMILES string of the molecule is O=C1/C(=C/c2ccco2)CC[C@H]1C1CCCC1. The highest BCUT2D eigenvalue weighted by Gasteiger charge is 2.36. The second kappa shape index (κ2) is 4.52. The Morgan fingerprint density at radius 3 is 2.76 bits per heavy atom. The number of Topliss-reactive ketones (excluding diaryl/α,β-unsaturated/α-hetero) is 1. The van der Waals surface area contributed by atoms with E-state index >= 15 is 0 Å². The van der Waals surface area contributed by atoms with Gasteiger partial charge in [-0.2, -0.15) is 0 Å². The van der Waals surface area contributed by atoms with Crippen molar-refractivity contribution < 1.29 is 9.21 Å². The van der Waals surface area contributed by atoms with E-state index in [1.807, 2.05) is 18.2 Å². The molecule has 1 atom stereocenters. The Balaban J connectivity index is 1.75. The van der Waals surface area contributed by atoms with Gasteiger partial charge in [0.1, 0.15) is 5.76 Å². The van der Waals surface area contributed by atoms with Crippen LogP contribution < -0.4 is 0 Å². The van der Waals surface area contributed by atoms with Gasteiger partial charge in [-0.1, -0.05) is 12.8 Å². The molecule has 2 fully saturated rings. The van der Waals surface area contributed by atoms with Crippen LogP contribution in [0.3, 0.4) is 0 Å². The molecule has 0 radical (unpaired) electrons. The van der Waals surface area contributed by atoms with Crippen LogP contribution in [0.1, 0.15) is 44.3 Å². The lowest BCUT2D eigenvalue weighted by atomic mass is 9.88. The molecule has 2 aliphatic carbocycles. The molecule has 0 N–H and O–H groups in total. The van der Waals surface area contributed by atoms with Gasteiger partial charge < -0.3 is 4.42 Å². The third kappa shape index (κ3) is 2.08. The Morgan fingerprint density at radius 1 is 1.24 bits per heavy atom. The summed E-state index contributed by atoms with van der Waals surface area (Å²) in [6.07, 6.45) is 10.7. The summed E-state index contributed by atoms with van der Waals surface area (Å²) in [6.45, 7) is 0. The first-order chi connectivity index (χ1) is 8.34. The smallest absolute Gasteiger partial charge is 0.162 e. The van der Waals surface area contributed by atoms with Gasteiger partial charge in [-0.3, -0.25) is 4.79 Å². The number of carbonyl (C=O) groups is 1. The Kier molecular flexibility index (Phi) is 2.87. The molecule has 1 aromatic rings. The molecule has 0 spiro atoms. The van der Waals surface area contributed by atoms with Crippen molar-refractivity contribution in [3.05, 3.63) is 29.7 Å². The first-order valence-electron chi connectivity index (χ1n) is 6.63. The van der Waals surface area contributed by atoms with E-state index in [-0.39, 0.29) is 0 Å². The van der Waals surface area contributed by atoms with Gasteiger partial charge in [-0.05, 0) is 55.4 Å². The van der Waals surface area contributed by atoms with E-state index in [0.717, 1.165) is 24.2 Å². The molecule has 0 saturated heterocycles. The summed E-state index contributed by atoms with van der Waals surface area (Å²) in [4.78, 5) is 12.3. The van der Waals surface area contributed by atoms with E-state index in [2.05, 4.69) is 0 Å². The molecule has 0 amide bonds. The lowest BCUT2D eigenvalue weighted by Crippen LogP contribution is -2.16. The maximum absolute atomic E-state index is 12.3. The molecule has 2 aliphatic rings. The first kappa shape index (κ1) is 10.8. The minimum absolute atomic E-state index is 0.304. The highest BCUT2D eigenvalue weighted by molar-refractivity contribution is 6.03. The lowest BCUT2D eigenvalue weighted by molar-refractivity contribution is -0.119. The second-order valence-electron chi connectivity index (χ2n) is 5.24. The Bertz CT molecular complexity index is 422. The van der Waals surface area contributed by atoms with Crippen molar-refractivity contribution >= 4 is 11.9 Å². The molecule has 1 aromatic heterocycles. The highest BCUT2D eigenvalue weighted by Crippen LogP contribution is 2.40. The Morgan fingerprint density at radius 2 is 2.06 bits per heavy atom. The maximum Gasteiger partial charge on any atom is 0.162 e. The second-order valence-corrected chi connectivity index (χ2v) is 5.24. The molecule has 0 bridgehead atoms. The fourth-order valence-corrected chi connectivity index (χ4v) is 3.30. The van der Waals surface area contributed by atoms with Gasteiger partial charge in [0.05, 0.1) is 6.26 Å². The number of allylic oxidation sites excluding steroid dienone is 1. The average Bonchev–Trinajstić information content (AvgIpc) is 3.03. The number of hydrogen-bond donors (Lipinski definition) is 0. The summed E-state index contributed by atoms with van der Waals surface area (Å²) in [7, 11) is 0. The van der Waals surface area contributed by atoms with Crippen LogP contribution in [0, 0.1) is 11.8 Å². The van der Waals surface area contributed by atoms with Gasteiger partial charge in [-0.15, -0.1) is 0 Å². The molecule has 2 saturated carbocycles. The van der Waals surface area contributed by atoms with Crippen LogP contribution in [-0.2, 0) is 4.79 Å². The molecule has 0 unspecified atom stereocenters. The summed E-state index contributed by atoms with van der Waals surface area (Å²) >= 11 is 0. The van der Waals surface area contributed by atoms with E-state index in [9.17, 15) is 4.79 Å². The van der Waals surface area contributed by atoms with Crippen molar-refractivity contribution in [1.82, 2.24) is 0 Å². The average molecular weight is 230 g/mol. The standard InChI is InChI=1S/C15H18O2/c16-15-12(10-13-6-3-9-17-13)7-8-14(15)11-4-1-2-5-11/h3,6,9-11,14H,1-2,4-5,7-8H2/b12-10+/t14-/m0/s1. The van der Waals surface area contributed by atoms with E-state index in [0.29, 0.717) is 17.6 Å². The van der Waals surface area contributed by atoms with Gasteiger partial charge in [-0.25, -0.2) is 0 Å². The quantitative estimate of drug-likeness (QED) is 0.723. The fourth-order valence-electron chi connectivity index (χ4n) is 3.30. The molecule has 3 rings (SSSR count). The number of rotatable bonds is 2. The van der Waals surface area contributed by atoms with E-state index < -0.39 is 0 Å². The van der Waals surface area contributed by atoms with Crippen molar-refractivity contribution in [2.24, 2.45) is 11.8 Å². The van der Waals surface area contributed by atoms with Crippen molar-refractivity contribution in [1.29, 1.82) is 0 Å². The largest absolute Gasteiger partial charge is 0.465 e. The third-order valence-electron chi connectivity index (χ3n) is 4.21. The predicted octanol–water partition coefficient (Wildman–Crippen LogP) is 3.83. The van der Waals surface area contributed by atoms with E-state index in [1.54, 1.807) is 6.26 Å². The predicted molar refractivity (Wildman–Crippen MR) is 66.4 cm³/mol. The molecule has 17 heavy (non-hydrogen) atoms. The van der Waals surface area contributed by atoms with Crippen molar-refractivity contribution in [3.8, 4) is 0 Å². The summed E-state index contributed by atoms with van der Waals surface area (Å²) in [6, 6.07) is 3.77. The molecule has 2 nitrogen and oxygen atoms in total. The van der Waals surface area contributed by atoms with Gasteiger partial charge in [0.15, 0.2) is 5.78 Å². The molecule has 2 heteroatoms. The fraction of sp³-hybridized carbons (Fsp3) is 0.533. The van der Waals surface area contributed by atoms with Gasteiger partial charge >= 0.3 is 0 Å². The molecule has 90 valence electrons. The van der Waals surface area contributed by atoms with Crippen LogP contribution >= 0.6 is 0 Å². The molecular weight excluding hydrogens is 212 g/mol. The number of carbonyl (C=O) groups excluding carboxylic acids is 1. The van der Waals surface area contributed by atoms with Crippen LogP contribution in [0.2, 0.25) is 0 Å². The summed E-state index contributed by atoms with van der Waals surface area (Å²) in [5.41, 5.74) is 0.969. The third-order valence-corrected chi connectivity index (χ3v) is 4.21. The zero-order valence-corrected chi connectivity index (χ0v) is 10.0. The monoisotopic (exact) mass is 230 g/mol. The summed E-state index contributed by atoms with van der Waals surface area (Å²) in [5.74, 6) is 2.15. The van der Waals surface area contributed by atoms with Crippen molar-refractivity contribution in [3.63, 3.8) is 0 Å². The van der Waals surface area contributed by atoms with Crippen molar-refractivity contribution in [2.75, 3.05) is 0 Å². The number of ketones is 1.